The van der Waals surface area contributed by atoms with Gasteiger partial charge in [-0.25, -0.2) is 0 Å². The minimum atomic E-state index is -0.0893. The summed E-state index contributed by atoms with van der Waals surface area (Å²) < 4.78 is 6.15. The first-order valence-electron chi connectivity index (χ1n) is 6.88. The summed E-state index contributed by atoms with van der Waals surface area (Å²) in [6.07, 6.45) is 3.40. The Hall–Kier alpha value is -0.120. The lowest BCUT2D eigenvalue weighted by molar-refractivity contribution is -0.0783. The maximum absolute atomic E-state index is 6.15. The molecule has 0 aliphatic carbocycles. The molecule has 0 aromatic heterocycles. The molecule has 3 N–H and O–H groups in total. The molecular formula is C14H30N2O. The summed E-state index contributed by atoms with van der Waals surface area (Å²) in [4.78, 5) is 0. The molecule has 0 spiro atoms. The van der Waals surface area contributed by atoms with Gasteiger partial charge in [-0.1, -0.05) is 20.3 Å². The van der Waals surface area contributed by atoms with E-state index < -0.39 is 0 Å². The molecule has 0 saturated carbocycles. The fourth-order valence-electron chi connectivity index (χ4n) is 3.18. The van der Waals surface area contributed by atoms with E-state index >= 15 is 0 Å². The summed E-state index contributed by atoms with van der Waals surface area (Å²) in [5.74, 6) is 6.95. The van der Waals surface area contributed by atoms with Crippen LogP contribution in [0.25, 0.3) is 0 Å². The highest BCUT2D eigenvalue weighted by molar-refractivity contribution is 4.99. The van der Waals surface area contributed by atoms with Crippen LogP contribution in [0.15, 0.2) is 0 Å². The number of ether oxygens (including phenoxy) is 1. The highest BCUT2D eigenvalue weighted by atomic mass is 16.5. The van der Waals surface area contributed by atoms with Crippen molar-refractivity contribution in [2.75, 3.05) is 0 Å². The topological polar surface area (TPSA) is 47.3 Å². The van der Waals surface area contributed by atoms with Gasteiger partial charge in [-0.2, -0.15) is 0 Å². The second-order valence-corrected chi connectivity index (χ2v) is 6.80. The molecule has 3 atom stereocenters. The molecule has 0 bridgehead atoms. The third-order valence-electron chi connectivity index (χ3n) is 4.20. The van der Waals surface area contributed by atoms with Gasteiger partial charge in [-0.05, 0) is 46.5 Å². The van der Waals surface area contributed by atoms with Crippen LogP contribution >= 0.6 is 0 Å². The zero-order valence-electron chi connectivity index (χ0n) is 12.3. The molecule has 3 heteroatoms. The largest absolute Gasteiger partial charge is 0.369 e. The number of nitrogens with one attached hydrogen (secondary N) is 1. The van der Waals surface area contributed by atoms with Crippen LogP contribution in [0.2, 0.25) is 0 Å². The predicted octanol–water partition coefficient (Wildman–Crippen LogP) is 2.85. The summed E-state index contributed by atoms with van der Waals surface area (Å²) in [6, 6.07) is 0.349. The minimum absolute atomic E-state index is 0.0290. The predicted molar refractivity (Wildman–Crippen MR) is 72.5 cm³/mol. The first-order valence-corrected chi connectivity index (χ1v) is 6.88. The van der Waals surface area contributed by atoms with E-state index in [1.165, 1.54) is 6.42 Å². The first kappa shape index (κ1) is 14.9. The number of hydrogen-bond acceptors (Lipinski definition) is 3. The molecule has 102 valence electrons. The SMILES string of the molecule is CCC(C)CC(NN)C1CC(C)(C)OC1(C)C. The Balaban J connectivity index is 2.75. The Bertz CT molecular complexity index is 251. The van der Waals surface area contributed by atoms with Gasteiger partial charge in [0.2, 0.25) is 0 Å². The van der Waals surface area contributed by atoms with Crippen molar-refractivity contribution in [3.8, 4) is 0 Å². The minimum Gasteiger partial charge on any atom is -0.369 e. The summed E-state index contributed by atoms with van der Waals surface area (Å²) in [6.45, 7) is 13.2. The van der Waals surface area contributed by atoms with Crippen LogP contribution in [0.1, 0.15) is 60.8 Å². The molecule has 17 heavy (non-hydrogen) atoms. The van der Waals surface area contributed by atoms with Gasteiger partial charge in [-0.15, -0.1) is 0 Å². The van der Waals surface area contributed by atoms with Crippen molar-refractivity contribution >= 4 is 0 Å². The molecule has 0 amide bonds. The van der Waals surface area contributed by atoms with Crippen LogP contribution in [0.5, 0.6) is 0 Å². The standard InChI is InChI=1S/C14H30N2O/c1-7-10(2)8-12(16-15)11-9-13(3,4)17-14(11,5)6/h10-12,16H,7-9,15H2,1-6H3. The molecule has 0 aromatic carbocycles. The summed E-state index contributed by atoms with van der Waals surface area (Å²) in [7, 11) is 0. The number of nitrogens with two attached hydrogens (primary N) is 1. The fourth-order valence-corrected chi connectivity index (χ4v) is 3.18. The van der Waals surface area contributed by atoms with Crippen LogP contribution in [0.3, 0.4) is 0 Å². The van der Waals surface area contributed by atoms with E-state index in [1.807, 2.05) is 0 Å². The molecular weight excluding hydrogens is 212 g/mol. The fraction of sp³-hybridized carbons (Fsp3) is 1.00. The van der Waals surface area contributed by atoms with Crippen molar-refractivity contribution in [3.63, 3.8) is 0 Å². The van der Waals surface area contributed by atoms with E-state index in [0.717, 1.165) is 12.8 Å². The zero-order chi connectivity index (χ0) is 13.3. The highest BCUT2D eigenvalue weighted by Crippen LogP contribution is 2.44. The van der Waals surface area contributed by atoms with E-state index in [4.69, 9.17) is 10.6 Å². The third kappa shape index (κ3) is 3.67. The van der Waals surface area contributed by atoms with Crippen molar-refractivity contribution in [1.29, 1.82) is 0 Å². The van der Waals surface area contributed by atoms with Crippen LogP contribution in [0, 0.1) is 11.8 Å². The van der Waals surface area contributed by atoms with Gasteiger partial charge in [0.15, 0.2) is 0 Å². The quantitative estimate of drug-likeness (QED) is 0.575. The molecule has 3 nitrogen and oxygen atoms in total. The maximum atomic E-state index is 6.15. The van der Waals surface area contributed by atoms with Crippen LogP contribution in [-0.4, -0.2) is 17.2 Å². The van der Waals surface area contributed by atoms with Gasteiger partial charge in [0.1, 0.15) is 0 Å². The van der Waals surface area contributed by atoms with Crippen LogP contribution in [0.4, 0.5) is 0 Å². The molecule has 1 aliphatic rings. The molecule has 0 aromatic rings. The maximum Gasteiger partial charge on any atom is 0.0678 e. The van der Waals surface area contributed by atoms with Gasteiger partial charge in [-0.3, -0.25) is 11.3 Å². The highest BCUT2D eigenvalue weighted by Gasteiger charge is 2.48. The van der Waals surface area contributed by atoms with Crippen molar-refractivity contribution in [1.82, 2.24) is 5.43 Å². The smallest absolute Gasteiger partial charge is 0.0678 e. The average Bonchev–Trinajstić information content (AvgIpc) is 2.42. The normalized spacial score (nSPS) is 30.2. The molecule has 0 radical (unpaired) electrons. The monoisotopic (exact) mass is 242 g/mol. The Kier molecular flexibility index (Phi) is 4.61. The zero-order valence-corrected chi connectivity index (χ0v) is 12.3. The lowest BCUT2D eigenvalue weighted by Crippen LogP contribution is -2.47. The van der Waals surface area contributed by atoms with E-state index in [0.29, 0.717) is 17.9 Å². The van der Waals surface area contributed by atoms with Gasteiger partial charge in [0.05, 0.1) is 11.2 Å². The van der Waals surface area contributed by atoms with Gasteiger partial charge in [0, 0.05) is 12.0 Å². The number of hydrogen-bond donors (Lipinski definition) is 2. The average molecular weight is 242 g/mol. The number of rotatable bonds is 5. The Morgan fingerprint density at radius 3 is 2.29 bits per heavy atom. The Morgan fingerprint density at radius 2 is 1.94 bits per heavy atom. The molecule has 3 unspecified atom stereocenters. The summed E-state index contributed by atoms with van der Waals surface area (Å²) in [5, 5.41) is 0. The molecule has 1 rings (SSSR count). The summed E-state index contributed by atoms with van der Waals surface area (Å²) in [5.41, 5.74) is 2.90. The van der Waals surface area contributed by atoms with Crippen molar-refractivity contribution in [2.45, 2.75) is 78.0 Å². The summed E-state index contributed by atoms with van der Waals surface area (Å²) >= 11 is 0. The van der Waals surface area contributed by atoms with Crippen molar-refractivity contribution < 1.29 is 4.74 Å². The van der Waals surface area contributed by atoms with Crippen molar-refractivity contribution in [2.24, 2.45) is 17.7 Å². The molecule has 1 aliphatic heterocycles. The molecule has 1 fully saturated rings. The van der Waals surface area contributed by atoms with Crippen molar-refractivity contribution in [3.05, 3.63) is 0 Å². The van der Waals surface area contributed by atoms with E-state index in [1.54, 1.807) is 0 Å². The van der Waals surface area contributed by atoms with E-state index in [9.17, 15) is 0 Å². The molecule has 1 saturated heterocycles. The third-order valence-corrected chi connectivity index (χ3v) is 4.20. The van der Waals surface area contributed by atoms with E-state index in [-0.39, 0.29) is 11.2 Å². The number of hydrazine groups is 1. The Morgan fingerprint density at radius 1 is 1.35 bits per heavy atom. The second kappa shape index (κ2) is 5.25. The first-order chi connectivity index (χ1) is 7.72. The second-order valence-electron chi connectivity index (χ2n) is 6.80. The lowest BCUT2D eigenvalue weighted by atomic mass is 9.78. The van der Waals surface area contributed by atoms with E-state index in [2.05, 4.69) is 47.0 Å². The van der Waals surface area contributed by atoms with Gasteiger partial charge in [0.25, 0.3) is 0 Å². The van der Waals surface area contributed by atoms with Gasteiger partial charge >= 0.3 is 0 Å². The lowest BCUT2D eigenvalue weighted by Gasteiger charge is -2.33. The van der Waals surface area contributed by atoms with Crippen LogP contribution < -0.4 is 11.3 Å². The van der Waals surface area contributed by atoms with Crippen LogP contribution in [-0.2, 0) is 4.74 Å². The Labute approximate surface area is 106 Å². The molecule has 1 heterocycles. The van der Waals surface area contributed by atoms with Gasteiger partial charge < -0.3 is 4.74 Å².